The molecule has 2 N–H and O–H groups in total. The van der Waals surface area contributed by atoms with Gasteiger partial charge in [-0.05, 0) is 23.6 Å². The van der Waals surface area contributed by atoms with Crippen LogP contribution in [-0.2, 0) is 6.42 Å². The first kappa shape index (κ1) is 22.9. The predicted octanol–water partition coefficient (Wildman–Crippen LogP) is 5.38. The molecule has 4 heteroatoms. The number of pyridine rings is 1. The molecule has 1 aromatic heterocycles. The minimum absolute atomic E-state index is 0.185. The zero-order valence-corrected chi connectivity index (χ0v) is 15.0. The second-order valence-electron chi connectivity index (χ2n) is 3.85. The Kier molecular flexibility index (Phi) is 16.6. The van der Waals surface area contributed by atoms with Crippen molar-refractivity contribution in [3.05, 3.63) is 61.0 Å². The molecule has 1 heterocycles. The minimum atomic E-state index is -0.185. The fourth-order valence-electron chi connectivity index (χ4n) is 1.54. The van der Waals surface area contributed by atoms with Gasteiger partial charge in [-0.25, -0.2) is 0 Å². The molecule has 0 saturated carbocycles. The van der Waals surface area contributed by atoms with Gasteiger partial charge in [0.15, 0.2) is 0 Å². The lowest BCUT2D eigenvalue weighted by molar-refractivity contribution is 0.737. The summed E-state index contributed by atoms with van der Waals surface area (Å²) in [7, 11) is 0. The fourth-order valence-corrected chi connectivity index (χ4v) is 1.82. The summed E-state index contributed by atoms with van der Waals surface area (Å²) in [6, 6.07) is 3.67. The standard InChI is InChI=1S/C14H17FN2S.2C2H6/c1-3-5-12(4-2)14-7-6-11(9-17-14)8-13(16)10-18-15;2*1-2/h3-7,9,13H,1-2,8,10,16H2;2*1-2H3/b12-5+;;. The molecule has 1 unspecified atom stereocenters. The molecule has 0 spiro atoms. The number of aromatic nitrogens is 1. The Labute approximate surface area is 139 Å². The topological polar surface area (TPSA) is 38.9 Å². The summed E-state index contributed by atoms with van der Waals surface area (Å²) in [5.74, 6) is 0.302. The molecule has 0 aliphatic heterocycles. The molecule has 0 radical (unpaired) electrons. The summed E-state index contributed by atoms with van der Waals surface area (Å²) < 4.78 is 12.0. The molecule has 0 fully saturated rings. The first-order chi connectivity index (χ1) is 10.7. The number of nitrogens with zero attached hydrogens (tertiary/aromatic N) is 1. The van der Waals surface area contributed by atoms with E-state index in [0.717, 1.165) is 16.8 Å². The van der Waals surface area contributed by atoms with E-state index >= 15 is 0 Å². The van der Waals surface area contributed by atoms with E-state index in [2.05, 4.69) is 18.1 Å². The third-order valence-corrected chi connectivity index (χ3v) is 2.97. The third kappa shape index (κ3) is 9.53. The maximum absolute atomic E-state index is 12.0. The molecule has 1 atom stereocenters. The molecule has 0 bridgehead atoms. The van der Waals surface area contributed by atoms with Crippen LogP contribution >= 0.6 is 12.1 Å². The highest BCUT2D eigenvalue weighted by Gasteiger charge is 2.05. The number of hydrogen-bond acceptors (Lipinski definition) is 3. The van der Waals surface area contributed by atoms with Crippen molar-refractivity contribution in [2.45, 2.75) is 40.2 Å². The smallest absolute Gasteiger partial charge is 0.0701 e. The summed E-state index contributed by atoms with van der Waals surface area (Å²) in [4.78, 5) is 4.34. The van der Waals surface area contributed by atoms with Crippen LogP contribution in [0.25, 0.3) is 5.57 Å². The summed E-state index contributed by atoms with van der Waals surface area (Å²) in [5.41, 5.74) is 8.51. The van der Waals surface area contributed by atoms with Gasteiger partial charge in [0.05, 0.1) is 5.69 Å². The van der Waals surface area contributed by atoms with Crippen LogP contribution in [0.1, 0.15) is 39.0 Å². The Morgan fingerprint density at radius 2 is 1.95 bits per heavy atom. The molecule has 0 aliphatic carbocycles. The molecule has 22 heavy (non-hydrogen) atoms. The second-order valence-corrected chi connectivity index (χ2v) is 4.41. The SMILES string of the molecule is C=C/C=C(\C=C)c1ccc(CC(N)CSF)cn1.CC.CC. The summed E-state index contributed by atoms with van der Waals surface area (Å²) in [6.07, 6.45) is 7.66. The van der Waals surface area contributed by atoms with E-state index in [1.54, 1.807) is 18.3 Å². The van der Waals surface area contributed by atoms with E-state index in [9.17, 15) is 3.89 Å². The van der Waals surface area contributed by atoms with Crippen LogP contribution in [0.15, 0.2) is 49.7 Å². The minimum Gasteiger partial charge on any atom is -0.327 e. The van der Waals surface area contributed by atoms with E-state index in [-0.39, 0.29) is 18.2 Å². The largest absolute Gasteiger partial charge is 0.327 e. The van der Waals surface area contributed by atoms with Crippen molar-refractivity contribution >= 4 is 17.7 Å². The van der Waals surface area contributed by atoms with Gasteiger partial charge in [-0.2, -0.15) is 3.89 Å². The third-order valence-electron chi connectivity index (χ3n) is 2.41. The van der Waals surface area contributed by atoms with Gasteiger partial charge in [-0.3, -0.25) is 4.98 Å². The van der Waals surface area contributed by atoms with Gasteiger partial charge in [-0.1, -0.05) is 65.1 Å². The number of rotatable bonds is 7. The highest BCUT2D eigenvalue weighted by atomic mass is 32.2. The van der Waals surface area contributed by atoms with Gasteiger partial charge < -0.3 is 5.73 Å². The van der Waals surface area contributed by atoms with Crippen molar-refractivity contribution < 1.29 is 3.89 Å². The van der Waals surface area contributed by atoms with Crippen molar-refractivity contribution in [3.63, 3.8) is 0 Å². The normalized spacial score (nSPS) is 11.3. The van der Waals surface area contributed by atoms with E-state index < -0.39 is 0 Å². The van der Waals surface area contributed by atoms with Crippen LogP contribution in [0.4, 0.5) is 3.89 Å². The van der Waals surface area contributed by atoms with Gasteiger partial charge in [-0.15, -0.1) is 0 Å². The number of hydrogen-bond donors (Lipinski definition) is 1. The van der Waals surface area contributed by atoms with Crippen molar-refractivity contribution in [3.8, 4) is 0 Å². The van der Waals surface area contributed by atoms with Crippen molar-refractivity contribution in [2.75, 3.05) is 5.75 Å². The Morgan fingerprint density at radius 3 is 2.36 bits per heavy atom. The van der Waals surface area contributed by atoms with Gasteiger partial charge in [0.1, 0.15) is 0 Å². The zero-order chi connectivity index (χ0) is 17.4. The van der Waals surface area contributed by atoms with Crippen LogP contribution in [0.3, 0.4) is 0 Å². The summed E-state index contributed by atoms with van der Waals surface area (Å²) in [6.45, 7) is 15.4. The van der Waals surface area contributed by atoms with E-state index in [0.29, 0.717) is 12.2 Å². The molecule has 0 amide bonds. The monoisotopic (exact) mass is 324 g/mol. The quantitative estimate of drug-likeness (QED) is 0.685. The van der Waals surface area contributed by atoms with E-state index in [4.69, 9.17) is 5.73 Å². The average Bonchev–Trinajstić information content (AvgIpc) is 2.57. The molecule has 1 rings (SSSR count). The Hall–Kier alpha value is -1.39. The maximum atomic E-state index is 12.0. The fraction of sp³-hybridized carbons (Fsp3) is 0.389. The number of nitrogens with two attached hydrogens (primary N) is 1. The molecular formula is C18H29FN2S. The first-order valence-corrected chi connectivity index (χ1v) is 8.49. The van der Waals surface area contributed by atoms with Crippen LogP contribution in [0.5, 0.6) is 0 Å². The van der Waals surface area contributed by atoms with E-state index in [1.165, 1.54) is 0 Å². The zero-order valence-electron chi connectivity index (χ0n) is 14.2. The van der Waals surface area contributed by atoms with Crippen LogP contribution in [-0.4, -0.2) is 16.8 Å². The van der Waals surface area contributed by atoms with Crippen LogP contribution in [0.2, 0.25) is 0 Å². The van der Waals surface area contributed by atoms with Crippen molar-refractivity contribution in [1.29, 1.82) is 0 Å². The molecule has 2 nitrogen and oxygen atoms in total. The molecule has 1 aromatic rings. The lowest BCUT2D eigenvalue weighted by Crippen LogP contribution is -2.25. The Balaban J connectivity index is 0. The van der Waals surface area contributed by atoms with Gasteiger partial charge >= 0.3 is 0 Å². The second kappa shape index (κ2) is 16.0. The predicted molar refractivity (Wildman–Crippen MR) is 101 cm³/mol. The first-order valence-electron chi connectivity index (χ1n) is 7.60. The molecule has 0 aromatic carbocycles. The molecule has 0 aliphatic rings. The van der Waals surface area contributed by atoms with Crippen molar-refractivity contribution in [1.82, 2.24) is 4.98 Å². The van der Waals surface area contributed by atoms with Gasteiger partial charge in [0.2, 0.25) is 0 Å². The highest BCUT2D eigenvalue weighted by Crippen LogP contribution is 2.14. The summed E-state index contributed by atoms with van der Waals surface area (Å²) in [5, 5.41) is 0. The van der Waals surface area contributed by atoms with Gasteiger partial charge in [0.25, 0.3) is 0 Å². The van der Waals surface area contributed by atoms with Crippen LogP contribution in [0, 0.1) is 0 Å². The van der Waals surface area contributed by atoms with Crippen LogP contribution < -0.4 is 5.73 Å². The summed E-state index contributed by atoms with van der Waals surface area (Å²) >= 11 is 0.268. The molecule has 0 saturated heterocycles. The lowest BCUT2D eigenvalue weighted by Gasteiger charge is -2.09. The highest BCUT2D eigenvalue weighted by molar-refractivity contribution is 7.94. The van der Waals surface area contributed by atoms with Gasteiger partial charge in [0, 0.05) is 30.1 Å². The maximum Gasteiger partial charge on any atom is 0.0701 e. The van der Waals surface area contributed by atoms with E-state index in [1.807, 2.05) is 45.9 Å². The number of allylic oxidation sites excluding steroid dienone is 4. The Morgan fingerprint density at radius 1 is 1.32 bits per heavy atom. The number of halogens is 1. The Bertz CT molecular complexity index is 427. The van der Waals surface area contributed by atoms with Crippen molar-refractivity contribution in [2.24, 2.45) is 5.73 Å². The molecular weight excluding hydrogens is 295 g/mol. The molecule has 124 valence electrons. The average molecular weight is 325 g/mol. The lowest BCUT2D eigenvalue weighted by atomic mass is 10.1.